The highest BCUT2D eigenvalue weighted by atomic mass is 16.5. The fraction of sp³-hybridized carbons (Fsp3) is 0.421. The van der Waals surface area contributed by atoms with E-state index in [1.807, 2.05) is 18.2 Å². The van der Waals surface area contributed by atoms with Gasteiger partial charge in [0.1, 0.15) is 5.69 Å². The Morgan fingerprint density at radius 1 is 1.24 bits per heavy atom. The summed E-state index contributed by atoms with van der Waals surface area (Å²) in [4.78, 5) is 25.6. The Kier molecular flexibility index (Phi) is 5.60. The SMILES string of the molecule is Cn1nc(C(=O)N2CC[C@@H](OCCCc3ccccc3)C2)ccc1=O. The quantitative estimate of drug-likeness (QED) is 0.750. The summed E-state index contributed by atoms with van der Waals surface area (Å²) in [7, 11) is 1.54. The average molecular weight is 341 g/mol. The van der Waals surface area contributed by atoms with Crippen LogP contribution in [0.2, 0.25) is 0 Å². The van der Waals surface area contributed by atoms with E-state index in [0.29, 0.717) is 25.4 Å². The average Bonchev–Trinajstić information content (AvgIpc) is 3.10. The molecule has 0 unspecified atom stereocenters. The Hall–Kier alpha value is -2.47. The molecule has 6 nitrogen and oxygen atoms in total. The summed E-state index contributed by atoms with van der Waals surface area (Å²) >= 11 is 0. The molecule has 2 heterocycles. The molecule has 1 aliphatic heterocycles. The second-order valence-corrected chi connectivity index (χ2v) is 6.30. The molecule has 0 N–H and O–H groups in total. The smallest absolute Gasteiger partial charge is 0.274 e. The van der Waals surface area contributed by atoms with Gasteiger partial charge in [0.25, 0.3) is 11.5 Å². The number of carbonyl (C=O) groups excluding carboxylic acids is 1. The van der Waals surface area contributed by atoms with Crippen LogP contribution >= 0.6 is 0 Å². The van der Waals surface area contributed by atoms with Gasteiger partial charge in [-0.2, -0.15) is 5.10 Å². The second kappa shape index (κ2) is 8.07. The monoisotopic (exact) mass is 341 g/mol. The van der Waals surface area contributed by atoms with Crippen molar-refractivity contribution in [2.45, 2.75) is 25.4 Å². The van der Waals surface area contributed by atoms with Crippen molar-refractivity contribution in [2.24, 2.45) is 7.05 Å². The molecule has 6 heteroatoms. The van der Waals surface area contributed by atoms with E-state index in [1.54, 1.807) is 11.9 Å². The minimum atomic E-state index is -0.224. The maximum Gasteiger partial charge on any atom is 0.274 e. The van der Waals surface area contributed by atoms with E-state index >= 15 is 0 Å². The van der Waals surface area contributed by atoms with E-state index in [0.717, 1.165) is 19.3 Å². The summed E-state index contributed by atoms with van der Waals surface area (Å²) in [6, 6.07) is 13.2. The van der Waals surface area contributed by atoms with Crippen LogP contribution in [0.15, 0.2) is 47.3 Å². The lowest BCUT2D eigenvalue weighted by molar-refractivity contribution is 0.0522. The summed E-state index contributed by atoms with van der Waals surface area (Å²) in [5.74, 6) is -0.147. The number of ether oxygens (including phenoxy) is 1. The van der Waals surface area contributed by atoms with Crippen LogP contribution in [-0.2, 0) is 18.2 Å². The van der Waals surface area contributed by atoms with Crippen LogP contribution in [0.5, 0.6) is 0 Å². The molecule has 1 amide bonds. The van der Waals surface area contributed by atoms with Gasteiger partial charge in [-0.3, -0.25) is 9.59 Å². The van der Waals surface area contributed by atoms with Crippen LogP contribution < -0.4 is 5.56 Å². The van der Waals surface area contributed by atoms with Gasteiger partial charge in [-0.1, -0.05) is 30.3 Å². The molecule has 1 atom stereocenters. The fourth-order valence-corrected chi connectivity index (χ4v) is 3.00. The molecule has 0 radical (unpaired) electrons. The lowest BCUT2D eigenvalue weighted by Gasteiger charge is -2.16. The maximum atomic E-state index is 12.5. The highest BCUT2D eigenvalue weighted by Crippen LogP contribution is 2.15. The number of aromatic nitrogens is 2. The van der Waals surface area contributed by atoms with Crippen molar-refractivity contribution in [3.05, 3.63) is 64.1 Å². The van der Waals surface area contributed by atoms with Crippen LogP contribution in [0, 0.1) is 0 Å². The summed E-state index contributed by atoms with van der Waals surface area (Å²) in [5.41, 5.74) is 1.39. The number of carbonyl (C=O) groups is 1. The molecule has 0 saturated carbocycles. The van der Waals surface area contributed by atoms with Crippen molar-refractivity contribution in [2.75, 3.05) is 19.7 Å². The van der Waals surface area contributed by atoms with Crippen molar-refractivity contribution in [3.8, 4) is 0 Å². The molecule has 1 aromatic carbocycles. The zero-order valence-electron chi connectivity index (χ0n) is 14.4. The van der Waals surface area contributed by atoms with E-state index in [4.69, 9.17) is 4.74 Å². The van der Waals surface area contributed by atoms with Crippen LogP contribution in [-0.4, -0.2) is 46.4 Å². The van der Waals surface area contributed by atoms with Crippen molar-refractivity contribution >= 4 is 5.91 Å². The number of rotatable bonds is 6. The molecular formula is C19H23N3O3. The molecule has 132 valence electrons. The first-order chi connectivity index (χ1) is 12.1. The molecule has 1 aromatic heterocycles. The summed E-state index contributed by atoms with van der Waals surface area (Å²) in [6.45, 7) is 1.93. The molecule has 25 heavy (non-hydrogen) atoms. The Bertz CT molecular complexity index is 773. The van der Waals surface area contributed by atoms with Crippen LogP contribution in [0.4, 0.5) is 0 Å². The van der Waals surface area contributed by atoms with Gasteiger partial charge in [-0.25, -0.2) is 4.68 Å². The summed E-state index contributed by atoms with van der Waals surface area (Å²) in [6.07, 6.45) is 2.88. The van der Waals surface area contributed by atoms with Gasteiger partial charge in [0.05, 0.1) is 6.10 Å². The lowest BCUT2D eigenvalue weighted by atomic mass is 10.1. The van der Waals surface area contributed by atoms with E-state index in [9.17, 15) is 9.59 Å². The van der Waals surface area contributed by atoms with Gasteiger partial charge >= 0.3 is 0 Å². The number of aryl methyl sites for hydroxylation is 2. The third kappa shape index (κ3) is 4.54. The summed E-state index contributed by atoms with van der Waals surface area (Å²) in [5, 5.41) is 4.02. The Morgan fingerprint density at radius 3 is 2.80 bits per heavy atom. The fourth-order valence-electron chi connectivity index (χ4n) is 3.00. The van der Waals surface area contributed by atoms with Gasteiger partial charge in [0.2, 0.25) is 0 Å². The standard InChI is InChI=1S/C19H23N3O3/c1-21-18(23)10-9-17(20-21)19(24)22-12-11-16(14-22)25-13-5-8-15-6-3-2-4-7-15/h2-4,6-7,9-10,16H,5,8,11-14H2,1H3/t16-/m1/s1. The van der Waals surface area contributed by atoms with Crippen molar-refractivity contribution in [3.63, 3.8) is 0 Å². The summed E-state index contributed by atoms with van der Waals surface area (Å²) < 4.78 is 7.10. The van der Waals surface area contributed by atoms with Crippen LogP contribution in [0.1, 0.15) is 28.9 Å². The predicted octanol–water partition coefficient (Wildman–Crippen LogP) is 1.64. The highest BCUT2D eigenvalue weighted by molar-refractivity contribution is 5.92. The molecule has 0 bridgehead atoms. The molecule has 2 aromatic rings. The van der Waals surface area contributed by atoms with Crippen molar-refractivity contribution < 1.29 is 9.53 Å². The number of amides is 1. The third-order valence-electron chi connectivity index (χ3n) is 4.42. The molecule has 0 aliphatic carbocycles. The van der Waals surface area contributed by atoms with Crippen LogP contribution in [0.25, 0.3) is 0 Å². The molecule has 3 rings (SSSR count). The number of benzene rings is 1. The number of hydrogen-bond donors (Lipinski definition) is 0. The second-order valence-electron chi connectivity index (χ2n) is 6.30. The molecular weight excluding hydrogens is 318 g/mol. The Morgan fingerprint density at radius 2 is 2.04 bits per heavy atom. The largest absolute Gasteiger partial charge is 0.376 e. The van der Waals surface area contributed by atoms with Crippen molar-refractivity contribution in [1.29, 1.82) is 0 Å². The minimum Gasteiger partial charge on any atom is -0.376 e. The van der Waals surface area contributed by atoms with Gasteiger partial charge in [-0.05, 0) is 30.9 Å². The number of nitrogens with zero attached hydrogens (tertiary/aromatic N) is 3. The Balaban J connectivity index is 1.44. The van der Waals surface area contributed by atoms with Gasteiger partial charge < -0.3 is 9.64 Å². The van der Waals surface area contributed by atoms with Crippen molar-refractivity contribution in [1.82, 2.24) is 14.7 Å². The van der Waals surface area contributed by atoms with Gasteiger partial charge in [-0.15, -0.1) is 0 Å². The highest BCUT2D eigenvalue weighted by Gasteiger charge is 2.28. The van der Waals surface area contributed by atoms with E-state index in [2.05, 4.69) is 17.2 Å². The van der Waals surface area contributed by atoms with Gasteiger partial charge in [0.15, 0.2) is 0 Å². The molecule has 1 saturated heterocycles. The normalized spacial score (nSPS) is 17.0. The predicted molar refractivity (Wildman–Crippen MR) is 94.5 cm³/mol. The van der Waals surface area contributed by atoms with Crippen LogP contribution in [0.3, 0.4) is 0 Å². The zero-order chi connectivity index (χ0) is 17.6. The minimum absolute atomic E-state index is 0.0762. The Labute approximate surface area is 147 Å². The van der Waals surface area contributed by atoms with E-state index in [1.165, 1.54) is 22.4 Å². The maximum absolute atomic E-state index is 12.5. The lowest BCUT2D eigenvalue weighted by Crippen LogP contribution is -2.32. The number of hydrogen-bond acceptors (Lipinski definition) is 4. The number of likely N-dealkylation sites (tertiary alicyclic amines) is 1. The van der Waals surface area contributed by atoms with E-state index in [-0.39, 0.29) is 17.6 Å². The first-order valence-corrected chi connectivity index (χ1v) is 8.62. The van der Waals surface area contributed by atoms with E-state index < -0.39 is 0 Å². The molecule has 1 aliphatic rings. The first kappa shape index (κ1) is 17.4. The third-order valence-corrected chi connectivity index (χ3v) is 4.42. The first-order valence-electron chi connectivity index (χ1n) is 8.62. The zero-order valence-corrected chi connectivity index (χ0v) is 14.4. The topological polar surface area (TPSA) is 64.4 Å². The molecule has 0 spiro atoms. The molecule has 1 fully saturated rings. The van der Waals surface area contributed by atoms with Gasteiger partial charge in [0, 0.05) is 32.8 Å².